The van der Waals surface area contributed by atoms with Gasteiger partial charge in [0.1, 0.15) is 6.33 Å². The molecule has 2 aromatic rings. The minimum atomic E-state index is -1.05. The minimum Gasteiger partial charge on any atom is -0.476 e. The van der Waals surface area contributed by atoms with Crippen LogP contribution in [0.1, 0.15) is 10.5 Å². The summed E-state index contributed by atoms with van der Waals surface area (Å²) in [6.07, 6.45) is 2.92. The molecule has 0 aliphatic heterocycles. The van der Waals surface area contributed by atoms with Crippen molar-refractivity contribution in [1.29, 1.82) is 0 Å². The average Bonchev–Trinajstić information content (AvgIpc) is 2.65. The van der Waals surface area contributed by atoms with Crippen molar-refractivity contribution in [3.8, 4) is 5.69 Å². The van der Waals surface area contributed by atoms with Crippen molar-refractivity contribution in [1.82, 2.24) is 9.55 Å². The Hall–Kier alpha value is -0.660. The first-order valence-electron chi connectivity index (χ1n) is 4.41. The van der Waals surface area contributed by atoms with Crippen LogP contribution < -0.4 is 0 Å². The van der Waals surface area contributed by atoms with Crippen LogP contribution in [0.25, 0.3) is 5.69 Å². The summed E-state index contributed by atoms with van der Waals surface area (Å²) < 4.78 is 4.21. The molecule has 0 aliphatic rings. The Kier molecular flexibility index (Phi) is 3.70. The molecule has 0 radical (unpaired) electrons. The highest BCUT2D eigenvalue weighted by Crippen LogP contribution is 2.32. The lowest BCUT2D eigenvalue weighted by Gasteiger charge is -2.08. The van der Waals surface area contributed by atoms with Gasteiger partial charge in [0.15, 0.2) is 5.69 Å². The maximum absolute atomic E-state index is 10.8. The zero-order chi connectivity index (χ0) is 12.6. The van der Waals surface area contributed by atoms with Gasteiger partial charge in [0.25, 0.3) is 0 Å². The number of imidazole rings is 1. The summed E-state index contributed by atoms with van der Waals surface area (Å²) in [4.78, 5) is 14.6. The van der Waals surface area contributed by atoms with Gasteiger partial charge in [0, 0.05) is 19.6 Å². The van der Waals surface area contributed by atoms with Crippen LogP contribution in [0.5, 0.6) is 0 Å². The molecule has 17 heavy (non-hydrogen) atoms. The average molecular weight is 425 g/mol. The molecule has 0 saturated heterocycles. The van der Waals surface area contributed by atoms with Crippen LogP contribution in [0, 0.1) is 0 Å². The number of aromatic nitrogens is 2. The van der Waals surface area contributed by atoms with E-state index in [9.17, 15) is 4.79 Å². The maximum Gasteiger partial charge on any atom is 0.356 e. The van der Waals surface area contributed by atoms with Crippen LogP contribution in [0.15, 0.2) is 38.1 Å². The van der Waals surface area contributed by atoms with Crippen molar-refractivity contribution < 1.29 is 9.90 Å². The molecule has 0 aliphatic carbocycles. The lowest BCUT2D eigenvalue weighted by atomic mass is 10.3. The zero-order valence-corrected chi connectivity index (χ0v) is 13.0. The van der Waals surface area contributed by atoms with Gasteiger partial charge in [-0.2, -0.15) is 0 Å². The van der Waals surface area contributed by atoms with Crippen LogP contribution in [0.3, 0.4) is 0 Å². The smallest absolute Gasteiger partial charge is 0.356 e. The fourth-order valence-electron chi connectivity index (χ4n) is 1.34. The van der Waals surface area contributed by atoms with E-state index < -0.39 is 5.97 Å². The first kappa shape index (κ1) is 12.8. The molecule has 0 bridgehead atoms. The standard InChI is InChI=1S/C10H5Br3N2O2/c11-5-1-6(12)9(7(13)2-5)15-3-8(10(16)17)14-4-15/h1-4H,(H,16,17). The summed E-state index contributed by atoms with van der Waals surface area (Å²) in [5, 5.41) is 8.82. The zero-order valence-electron chi connectivity index (χ0n) is 8.19. The number of benzene rings is 1. The summed E-state index contributed by atoms with van der Waals surface area (Å²) in [6.45, 7) is 0. The van der Waals surface area contributed by atoms with Gasteiger partial charge in [-0.1, -0.05) is 15.9 Å². The molecule has 2 rings (SSSR count). The molecule has 0 unspecified atom stereocenters. The van der Waals surface area contributed by atoms with Crippen molar-refractivity contribution in [3.63, 3.8) is 0 Å². The van der Waals surface area contributed by atoms with Gasteiger partial charge in [-0.3, -0.25) is 0 Å². The van der Waals surface area contributed by atoms with Crippen molar-refractivity contribution in [2.24, 2.45) is 0 Å². The number of hydrogen-bond acceptors (Lipinski definition) is 2. The fraction of sp³-hybridized carbons (Fsp3) is 0. The molecule has 1 aromatic heterocycles. The molecule has 7 heteroatoms. The maximum atomic E-state index is 10.8. The molecule has 0 saturated carbocycles. The molecule has 0 amide bonds. The Morgan fingerprint density at radius 3 is 2.29 bits per heavy atom. The Morgan fingerprint density at radius 1 is 1.24 bits per heavy atom. The van der Waals surface area contributed by atoms with Crippen molar-refractivity contribution >= 4 is 53.8 Å². The van der Waals surface area contributed by atoms with Crippen molar-refractivity contribution in [2.45, 2.75) is 0 Å². The van der Waals surface area contributed by atoms with E-state index in [4.69, 9.17) is 5.11 Å². The van der Waals surface area contributed by atoms with E-state index >= 15 is 0 Å². The first-order valence-corrected chi connectivity index (χ1v) is 6.79. The fourth-order valence-corrected chi connectivity index (χ4v) is 4.00. The SMILES string of the molecule is O=C(O)c1cn(-c2c(Br)cc(Br)cc2Br)cn1. The Labute approximate surface area is 122 Å². The van der Waals surface area contributed by atoms with Gasteiger partial charge in [-0.05, 0) is 44.0 Å². The van der Waals surface area contributed by atoms with Crippen LogP contribution in [0.2, 0.25) is 0 Å². The second kappa shape index (κ2) is 4.91. The molecule has 4 nitrogen and oxygen atoms in total. The van der Waals surface area contributed by atoms with Crippen LogP contribution >= 0.6 is 47.8 Å². The third-order valence-electron chi connectivity index (χ3n) is 2.04. The molecule has 1 aromatic carbocycles. The van der Waals surface area contributed by atoms with Gasteiger partial charge < -0.3 is 9.67 Å². The van der Waals surface area contributed by atoms with Gasteiger partial charge in [-0.15, -0.1) is 0 Å². The predicted molar refractivity (Wildman–Crippen MR) is 73.6 cm³/mol. The summed E-state index contributed by atoms with van der Waals surface area (Å²) >= 11 is 10.2. The summed E-state index contributed by atoms with van der Waals surface area (Å²) in [5.74, 6) is -1.05. The number of carboxylic acids is 1. The highest BCUT2D eigenvalue weighted by molar-refractivity contribution is 9.11. The molecular formula is C10H5Br3N2O2. The normalized spacial score (nSPS) is 10.5. The van der Waals surface area contributed by atoms with E-state index in [-0.39, 0.29) is 5.69 Å². The molecule has 0 fully saturated rings. The number of carbonyl (C=O) groups is 1. The molecule has 0 spiro atoms. The third kappa shape index (κ3) is 2.61. The van der Waals surface area contributed by atoms with E-state index in [1.54, 1.807) is 4.57 Å². The first-order chi connectivity index (χ1) is 7.99. The molecule has 1 N–H and O–H groups in total. The molecule has 1 heterocycles. The second-order valence-corrected chi connectivity index (χ2v) is 5.81. The summed E-state index contributed by atoms with van der Waals surface area (Å²) in [7, 11) is 0. The quantitative estimate of drug-likeness (QED) is 0.796. The second-order valence-electron chi connectivity index (χ2n) is 3.19. The number of halogens is 3. The van der Waals surface area contributed by atoms with E-state index in [1.807, 2.05) is 12.1 Å². The van der Waals surface area contributed by atoms with Gasteiger partial charge in [-0.25, -0.2) is 9.78 Å². The molecule has 0 atom stereocenters. The predicted octanol–water partition coefficient (Wildman–Crippen LogP) is 3.86. The Balaban J connectivity index is 2.56. The Morgan fingerprint density at radius 2 is 1.82 bits per heavy atom. The highest BCUT2D eigenvalue weighted by atomic mass is 79.9. The Bertz CT molecular complexity index is 572. The summed E-state index contributed by atoms with van der Waals surface area (Å²) in [6, 6.07) is 3.75. The largest absolute Gasteiger partial charge is 0.476 e. The van der Waals surface area contributed by atoms with E-state index in [0.29, 0.717) is 0 Å². The van der Waals surface area contributed by atoms with Gasteiger partial charge in [0.05, 0.1) is 5.69 Å². The number of hydrogen-bond donors (Lipinski definition) is 1. The lowest BCUT2D eigenvalue weighted by molar-refractivity contribution is 0.0691. The van der Waals surface area contributed by atoms with Crippen LogP contribution in [-0.4, -0.2) is 20.6 Å². The number of aromatic carboxylic acids is 1. The number of nitrogens with zero attached hydrogens (tertiary/aromatic N) is 2. The van der Waals surface area contributed by atoms with E-state index in [1.165, 1.54) is 12.5 Å². The van der Waals surface area contributed by atoms with E-state index in [0.717, 1.165) is 19.1 Å². The van der Waals surface area contributed by atoms with Gasteiger partial charge in [0.2, 0.25) is 0 Å². The van der Waals surface area contributed by atoms with Gasteiger partial charge >= 0.3 is 5.97 Å². The van der Waals surface area contributed by atoms with Crippen molar-refractivity contribution in [2.75, 3.05) is 0 Å². The highest BCUT2D eigenvalue weighted by Gasteiger charge is 2.12. The topological polar surface area (TPSA) is 55.1 Å². The molecular weight excluding hydrogens is 420 g/mol. The third-order valence-corrected chi connectivity index (χ3v) is 3.71. The van der Waals surface area contributed by atoms with E-state index in [2.05, 4.69) is 52.8 Å². The monoisotopic (exact) mass is 422 g/mol. The summed E-state index contributed by atoms with van der Waals surface area (Å²) in [5.41, 5.74) is 0.805. The molecule has 88 valence electrons. The van der Waals surface area contributed by atoms with Crippen LogP contribution in [0.4, 0.5) is 0 Å². The van der Waals surface area contributed by atoms with Crippen LogP contribution in [-0.2, 0) is 0 Å². The number of carboxylic acid groups (broad SMARTS) is 1. The van der Waals surface area contributed by atoms with Crippen molar-refractivity contribution in [3.05, 3.63) is 43.8 Å². The number of rotatable bonds is 2. The lowest BCUT2D eigenvalue weighted by Crippen LogP contribution is -1.97. The minimum absolute atomic E-state index is 0.00622.